The number of nitro groups is 1. The quantitative estimate of drug-likeness (QED) is 0.465. The fourth-order valence-electron chi connectivity index (χ4n) is 2.95. The zero-order valence-electron chi connectivity index (χ0n) is 16.5. The van der Waals surface area contributed by atoms with Crippen LogP contribution < -0.4 is 10.2 Å². The maximum absolute atomic E-state index is 12.4. The topological polar surface area (TPSA) is 102 Å². The van der Waals surface area contributed by atoms with E-state index in [4.69, 9.17) is 4.74 Å². The first-order valence-corrected chi connectivity index (χ1v) is 8.60. The number of nitrogens with zero attached hydrogens (tertiary/aromatic N) is 2. The predicted octanol–water partition coefficient (Wildman–Crippen LogP) is 3.38. The van der Waals surface area contributed by atoms with Crippen LogP contribution in [0.3, 0.4) is 0 Å². The number of hydrogen-bond donors (Lipinski definition) is 1. The first-order valence-electron chi connectivity index (χ1n) is 8.60. The highest BCUT2D eigenvalue weighted by atomic mass is 16.6. The van der Waals surface area contributed by atoms with E-state index in [1.165, 1.54) is 12.1 Å². The molecule has 0 spiro atoms. The van der Waals surface area contributed by atoms with Crippen LogP contribution in [0.25, 0.3) is 0 Å². The van der Waals surface area contributed by atoms with Crippen LogP contribution in [0.2, 0.25) is 0 Å². The summed E-state index contributed by atoms with van der Waals surface area (Å²) in [6, 6.07) is 7.81. The second-order valence-corrected chi connectivity index (χ2v) is 6.75. The van der Waals surface area contributed by atoms with Gasteiger partial charge in [-0.05, 0) is 38.0 Å². The molecule has 28 heavy (non-hydrogen) atoms. The summed E-state index contributed by atoms with van der Waals surface area (Å²) in [4.78, 5) is 36.7. The van der Waals surface area contributed by atoms with E-state index < -0.39 is 23.4 Å². The third-order valence-electron chi connectivity index (χ3n) is 4.17. The van der Waals surface area contributed by atoms with Crippen molar-refractivity contribution in [1.82, 2.24) is 0 Å². The van der Waals surface area contributed by atoms with Crippen LogP contribution in [0.1, 0.15) is 27.0 Å². The standard InChI is InChI=1S/C20H23N3O5/c1-12-8-13(2)19(14(3)9-12)21-18(24)11-28-20(25)16-10-15(23(26)27)6-7-17(16)22(4)5/h6-10H,11H2,1-5H3,(H,21,24). The van der Waals surface area contributed by atoms with Crippen molar-refractivity contribution >= 4 is 28.9 Å². The molecule has 0 atom stereocenters. The highest BCUT2D eigenvalue weighted by molar-refractivity contribution is 5.99. The number of amides is 1. The minimum absolute atomic E-state index is 0.0229. The Bertz CT molecular complexity index is 914. The van der Waals surface area contributed by atoms with Crippen molar-refractivity contribution in [2.45, 2.75) is 20.8 Å². The molecular formula is C20H23N3O5. The Kier molecular flexibility index (Phi) is 6.35. The van der Waals surface area contributed by atoms with Gasteiger partial charge in [-0.2, -0.15) is 0 Å². The SMILES string of the molecule is Cc1cc(C)c(NC(=O)COC(=O)c2cc([N+](=O)[O-])ccc2N(C)C)c(C)c1. The maximum atomic E-state index is 12.4. The number of esters is 1. The molecule has 1 N–H and O–H groups in total. The minimum Gasteiger partial charge on any atom is -0.452 e. The van der Waals surface area contributed by atoms with Gasteiger partial charge in [-0.3, -0.25) is 14.9 Å². The number of anilines is 2. The molecule has 8 nitrogen and oxygen atoms in total. The van der Waals surface area contributed by atoms with E-state index in [2.05, 4.69) is 5.32 Å². The molecule has 148 valence electrons. The van der Waals surface area contributed by atoms with E-state index in [0.717, 1.165) is 22.8 Å². The van der Waals surface area contributed by atoms with Crippen molar-refractivity contribution in [3.8, 4) is 0 Å². The second-order valence-electron chi connectivity index (χ2n) is 6.75. The Labute approximate surface area is 163 Å². The number of ether oxygens (including phenoxy) is 1. The Balaban J connectivity index is 2.13. The van der Waals surface area contributed by atoms with Gasteiger partial charge < -0.3 is 15.0 Å². The maximum Gasteiger partial charge on any atom is 0.341 e. The first kappa shape index (κ1) is 20.9. The lowest BCUT2D eigenvalue weighted by molar-refractivity contribution is -0.384. The van der Waals surface area contributed by atoms with Gasteiger partial charge >= 0.3 is 5.97 Å². The summed E-state index contributed by atoms with van der Waals surface area (Å²) in [5, 5.41) is 13.7. The summed E-state index contributed by atoms with van der Waals surface area (Å²) in [5.74, 6) is -1.29. The average molecular weight is 385 g/mol. The highest BCUT2D eigenvalue weighted by Gasteiger charge is 2.20. The van der Waals surface area contributed by atoms with Crippen LogP contribution in [0.5, 0.6) is 0 Å². The van der Waals surface area contributed by atoms with E-state index in [0.29, 0.717) is 11.4 Å². The lowest BCUT2D eigenvalue weighted by Gasteiger charge is -2.17. The van der Waals surface area contributed by atoms with Crippen LogP contribution in [0.15, 0.2) is 30.3 Å². The summed E-state index contributed by atoms with van der Waals surface area (Å²) in [5.41, 5.74) is 3.83. The van der Waals surface area contributed by atoms with Crippen LogP contribution >= 0.6 is 0 Å². The number of nitro benzene ring substituents is 1. The van der Waals surface area contributed by atoms with Gasteiger partial charge in [0.1, 0.15) is 0 Å². The largest absolute Gasteiger partial charge is 0.452 e. The molecule has 0 bridgehead atoms. The second kappa shape index (κ2) is 8.51. The fraction of sp³-hybridized carbons (Fsp3) is 0.300. The Morgan fingerprint density at radius 1 is 1.11 bits per heavy atom. The summed E-state index contributed by atoms with van der Waals surface area (Å²) < 4.78 is 5.09. The molecule has 0 aliphatic heterocycles. The molecule has 2 aromatic rings. The molecule has 2 rings (SSSR count). The lowest BCUT2D eigenvalue weighted by atomic mass is 10.1. The monoisotopic (exact) mass is 385 g/mol. The molecule has 0 radical (unpaired) electrons. The molecule has 0 saturated carbocycles. The minimum atomic E-state index is -0.806. The average Bonchev–Trinajstić information content (AvgIpc) is 2.61. The zero-order valence-corrected chi connectivity index (χ0v) is 16.5. The van der Waals surface area contributed by atoms with E-state index >= 15 is 0 Å². The number of carbonyl (C=O) groups excluding carboxylic acids is 2. The van der Waals surface area contributed by atoms with E-state index in [1.807, 2.05) is 32.9 Å². The van der Waals surface area contributed by atoms with Crippen LogP contribution in [0, 0.1) is 30.9 Å². The van der Waals surface area contributed by atoms with Crippen molar-refractivity contribution in [3.63, 3.8) is 0 Å². The summed E-state index contributed by atoms with van der Waals surface area (Å²) >= 11 is 0. The van der Waals surface area contributed by atoms with Crippen molar-refractivity contribution in [1.29, 1.82) is 0 Å². The number of aryl methyl sites for hydroxylation is 3. The molecule has 8 heteroatoms. The van der Waals surface area contributed by atoms with Gasteiger partial charge in [0.25, 0.3) is 11.6 Å². The Morgan fingerprint density at radius 2 is 1.71 bits per heavy atom. The normalized spacial score (nSPS) is 10.3. The third kappa shape index (κ3) is 4.85. The smallest absolute Gasteiger partial charge is 0.341 e. The van der Waals surface area contributed by atoms with Crippen molar-refractivity contribution in [3.05, 3.63) is 62.7 Å². The van der Waals surface area contributed by atoms with Gasteiger partial charge in [0.05, 0.1) is 16.2 Å². The molecule has 0 aliphatic carbocycles. The first-order chi connectivity index (χ1) is 13.1. The fourth-order valence-corrected chi connectivity index (χ4v) is 2.95. The Hall–Kier alpha value is -3.42. The highest BCUT2D eigenvalue weighted by Crippen LogP contribution is 2.25. The summed E-state index contributed by atoms with van der Waals surface area (Å²) in [6.07, 6.45) is 0. The van der Waals surface area contributed by atoms with Crippen molar-refractivity contribution in [2.75, 3.05) is 30.9 Å². The number of benzene rings is 2. The summed E-state index contributed by atoms with van der Waals surface area (Å²) in [6.45, 7) is 5.23. The number of non-ortho nitro benzene ring substituents is 1. The van der Waals surface area contributed by atoms with Crippen molar-refractivity contribution in [2.24, 2.45) is 0 Å². The number of carbonyl (C=O) groups is 2. The molecular weight excluding hydrogens is 362 g/mol. The number of rotatable bonds is 6. The molecule has 0 heterocycles. The molecule has 0 aromatic heterocycles. The lowest BCUT2D eigenvalue weighted by Crippen LogP contribution is -2.23. The van der Waals surface area contributed by atoms with Gasteiger partial charge in [-0.15, -0.1) is 0 Å². The molecule has 0 saturated heterocycles. The van der Waals surface area contributed by atoms with Gasteiger partial charge in [-0.1, -0.05) is 17.7 Å². The Morgan fingerprint density at radius 3 is 2.25 bits per heavy atom. The van der Waals surface area contributed by atoms with Gasteiger partial charge in [0, 0.05) is 31.9 Å². The van der Waals surface area contributed by atoms with Gasteiger partial charge in [0.15, 0.2) is 6.61 Å². The zero-order chi connectivity index (χ0) is 21.0. The molecule has 0 unspecified atom stereocenters. The van der Waals surface area contributed by atoms with Gasteiger partial charge in [-0.25, -0.2) is 4.79 Å². The summed E-state index contributed by atoms with van der Waals surface area (Å²) in [7, 11) is 3.40. The van der Waals surface area contributed by atoms with E-state index in [9.17, 15) is 19.7 Å². The van der Waals surface area contributed by atoms with Crippen LogP contribution in [-0.2, 0) is 9.53 Å². The predicted molar refractivity (Wildman–Crippen MR) is 107 cm³/mol. The molecule has 0 aliphatic rings. The molecule has 2 aromatic carbocycles. The molecule has 1 amide bonds. The van der Waals surface area contributed by atoms with Gasteiger partial charge in [0.2, 0.25) is 0 Å². The van der Waals surface area contributed by atoms with Crippen LogP contribution in [0.4, 0.5) is 17.1 Å². The van der Waals surface area contributed by atoms with E-state index in [1.54, 1.807) is 19.0 Å². The van der Waals surface area contributed by atoms with Crippen LogP contribution in [-0.4, -0.2) is 37.5 Å². The molecule has 0 fully saturated rings. The third-order valence-corrected chi connectivity index (χ3v) is 4.17. The van der Waals surface area contributed by atoms with E-state index in [-0.39, 0.29) is 11.3 Å². The number of nitrogens with one attached hydrogen (secondary N) is 1. The van der Waals surface area contributed by atoms with Crippen molar-refractivity contribution < 1.29 is 19.2 Å². The number of hydrogen-bond acceptors (Lipinski definition) is 6.